The van der Waals surface area contributed by atoms with Gasteiger partial charge in [0.15, 0.2) is 5.13 Å². The molecule has 1 atom stereocenters. The molecule has 0 spiro atoms. The third-order valence-corrected chi connectivity index (χ3v) is 3.25. The van der Waals surface area contributed by atoms with E-state index >= 15 is 0 Å². The molecule has 0 aliphatic rings. The van der Waals surface area contributed by atoms with Crippen molar-refractivity contribution in [2.45, 2.75) is 52.0 Å². The molecule has 17 heavy (non-hydrogen) atoms. The van der Waals surface area contributed by atoms with Crippen molar-refractivity contribution in [1.82, 2.24) is 4.98 Å². The standard InChI is InChI=1S/C12H21N3OS/c1-5-8(13)6-10(16)15-11-14-9(7-17-11)12(2,3)4/h7-8H,5-6,13H2,1-4H3,(H,14,15,16). The van der Waals surface area contributed by atoms with Crippen LogP contribution in [0.15, 0.2) is 5.38 Å². The van der Waals surface area contributed by atoms with Gasteiger partial charge < -0.3 is 11.1 Å². The number of aromatic nitrogens is 1. The molecule has 0 aliphatic heterocycles. The van der Waals surface area contributed by atoms with E-state index in [1.807, 2.05) is 12.3 Å². The summed E-state index contributed by atoms with van der Waals surface area (Å²) in [7, 11) is 0. The zero-order chi connectivity index (χ0) is 13.1. The monoisotopic (exact) mass is 255 g/mol. The van der Waals surface area contributed by atoms with Crippen molar-refractivity contribution in [3.05, 3.63) is 11.1 Å². The Morgan fingerprint density at radius 1 is 1.59 bits per heavy atom. The summed E-state index contributed by atoms with van der Waals surface area (Å²) in [5.74, 6) is -0.0610. The fraction of sp³-hybridized carbons (Fsp3) is 0.667. The first kappa shape index (κ1) is 14.1. The third-order valence-electron chi connectivity index (χ3n) is 2.49. The first-order valence-corrected chi connectivity index (χ1v) is 6.72. The van der Waals surface area contributed by atoms with Crippen LogP contribution in [0, 0.1) is 0 Å². The molecule has 1 unspecified atom stereocenters. The van der Waals surface area contributed by atoms with Crippen LogP contribution in [-0.2, 0) is 10.2 Å². The lowest BCUT2D eigenvalue weighted by molar-refractivity contribution is -0.116. The van der Waals surface area contributed by atoms with Crippen LogP contribution >= 0.6 is 11.3 Å². The van der Waals surface area contributed by atoms with Crippen LogP contribution in [0.4, 0.5) is 5.13 Å². The Morgan fingerprint density at radius 2 is 2.24 bits per heavy atom. The summed E-state index contributed by atoms with van der Waals surface area (Å²) in [6, 6.07) is -0.0722. The van der Waals surface area contributed by atoms with Gasteiger partial charge in [-0.25, -0.2) is 4.98 Å². The highest BCUT2D eigenvalue weighted by Gasteiger charge is 2.18. The number of amides is 1. The van der Waals surface area contributed by atoms with E-state index in [4.69, 9.17) is 5.73 Å². The van der Waals surface area contributed by atoms with Crippen molar-refractivity contribution >= 4 is 22.4 Å². The third kappa shape index (κ3) is 4.44. The number of hydrogen-bond donors (Lipinski definition) is 2. The van der Waals surface area contributed by atoms with Gasteiger partial charge in [0, 0.05) is 23.3 Å². The molecule has 5 heteroatoms. The molecular weight excluding hydrogens is 234 g/mol. The lowest BCUT2D eigenvalue weighted by atomic mass is 9.93. The van der Waals surface area contributed by atoms with Crippen molar-refractivity contribution in [2.24, 2.45) is 5.73 Å². The summed E-state index contributed by atoms with van der Waals surface area (Å²) in [5, 5.41) is 5.43. The van der Waals surface area contributed by atoms with E-state index in [9.17, 15) is 4.79 Å². The van der Waals surface area contributed by atoms with Gasteiger partial charge in [-0.2, -0.15) is 0 Å². The molecule has 0 saturated carbocycles. The number of nitrogens with one attached hydrogen (secondary N) is 1. The van der Waals surface area contributed by atoms with Crippen LogP contribution in [0.3, 0.4) is 0 Å². The minimum absolute atomic E-state index is 0.0132. The van der Waals surface area contributed by atoms with Gasteiger partial charge in [0.1, 0.15) is 0 Å². The molecule has 0 aromatic carbocycles. The Hall–Kier alpha value is -0.940. The molecule has 3 N–H and O–H groups in total. The second kappa shape index (κ2) is 5.60. The number of nitrogens with two attached hydrogens (primary N) is 1. The first-order valence-electron chi connectivity index (χ1n) is 5.84. The first-order chi connectivity index (χ1) is 7.82. The van der Waals surface area contributed by atoms with Crippen molar-refractivity contribution in [1.29, 1.82) is 0 Å². The maximum absolute atomic E-state index is 11.6. The van der Waals surface area contributed by atoms with Gasteiger partial charge in [0.05, 0.1) is 5.69 Å². The zero-order valence-electron chi connectivity index (χ0n) is 10.9. The van der Waals surface area contributed by atoms with E-state index < -0.39 is 0 Å². The minimum Gasteiger partial charge on any atom is -0.327 e. The van der Waals surface area contributed by atoms with E-state index in [-0.39, 0.29) is 17.4 Å². The number of thiazole rings is 1. The number of carbonyl (C=O) groups excluding carboxylic acids is 1. The normalized spacial score (nSPS) is 13.5. The number of nitrogens with zero attached hydrogens (tertiary/aromatic N) is 1. The molecule has 0 saturated heterocycles. The van der Waals surface area contributed by atoms with Crippen LogP contribution in [0.5, 0.6) is 0 Å². The van der Waals surface area contributed by atoms with Crippen LogP contribution in [-0.4, -0.2) is 16.9 Å². The maximum atomic E-state index is 11.6. The van der Waals surface area contributed by atoms with Crippen LogP contribution in [0.2, 0.25) is 0 Å². The van der Waals surface area contributed by atoms with Gasteiger partial charge in [0.25, 0.3) is 0 Å². The lowest BCUT2D eigenvalue weighted by Crippen LogP contribution is -2.26. The average Bonchev–Trinajstić information content (AvgIpc) is 2.65. The van der Waals surface area contributed by atoms with Crippen LogP contribution < -0.4 is 11.1 Å². The zero-order valence-corrected chi connectivity index (χ0v) is 11.7. The predicted molar refractivity (Wildman–Crippen MR) is 72.3 cm³/mol. The van der Waals surface area contributed by atoms with E-state index in [1.54, 1.807) is 0 Å². The smallest absolute Gasteiger partial charge is 0.227 e. The SMILES string of the molecule is CCC(N)CC(=O)Nc1nc(C(C)(C)C)cs1. The van der Waals surface area contributed by atoms with Gasteiger partial charge in [-0.3, -0.25) is 4.79 Å². The highest BCUT2D eigenvalue weighted by molar-refractivity contribution is 7.13. The maximum Gasteiger partial charge on any atom is 0.227 e. The predicted octanol–water partition coefficient (Wildman–Crippen LogP) is 2.51. The molecule has 0 radical (unpaired) electrons. The van der Waals surface area contributed by atoms with Gasteiger partial charge in [-0.05, 0) is 6.42 Å². The Labute approximate surface area is 107 Å². The largest absolute Gasteiger partial charge is 0.327 e. The van der Waals surface area contributed by atoms with E-state index in [2.05, 4.69) is 31.1 Å². The summed E-state index contributed by atoms with van der Waals surface area (Å²) < 4.78 is 0. The Balaban J connectivity index is 2.58. The van der Waals surface area contributed by atoms with Gasteiger partial charge in [-0.1, -0.05) is 27.7 Å². The quantitative estimate of drug-likeness (QED) is 0.868. The van der Waals surface area contributed by atoms with Gasteiger partial charge in [-0.15, -0.1) is 11.3 Å². The summed E-state index contributed by atoms with van der Waals surface area (Å²) in [4.78, 5) is 16.0. The number of carbonyl (C=O) groups is 1. The summed E-state index contributed by atoms with van der Waals surface area (Å²) in [6.07, 6.45) is 1.15. The van der Waals surface area contributed by atoms with Crippen molar-refractivity contribution < 1.29 is 4.79 Å². The lowest BCUT2D eigenvalue weighted by Gasteiger charge is -2.14. The molecule has 1 rings (SSSR count). The second-order valence-electron chi connectivity index (χ2n) is 5.21. The number of hydrogen-bond acceptors (Lipinski definition) is 4. The molecule has 0 fully saturated rings. The minimum atomic E-state index is -0.0722. The van der Waals surface area contributed by atoms with E-state index in [0.29, 0.717) is 11.6 Å². The number of anilines is 1. The Bertz CT molecular complexity index is 381. The van der Waals surface area contributed by atoms with E-state index in [1.165, 1.54) is 11.3 Å². The molecule has 1 aromatic rings. The van der Waals surface area contributed by atoms with Gasteiger partial charge >= 0.3 is 0 Å². The molecule has 0 aliphatic carbocycles. The Kier molecular flexibility index (Phi) is 4.65. The Morgan fingerprint density at radius 3 is 2.71 bits per heavy atom. The van der Waals surface area contributed by atoms with Gasteiger partial charge in [0.2, 0.25) is 5.91 Å². The van der Waals surface area contributed by atoms with Crippen LogP contribution in [0.25, 0.3) is 0 Å². The fourth-order valence-electron chi connectivity index (χ4n) is 1.23. The molecule has 1 amide bonds. The molecule has 96 valence electrons. The number of rotatable bonds is 4. The molecule has 0 bridgehead atoms. The van der Waals surface area contributed by atoms with Crippen molar-refractivity contribution in [2.75, 3.05) is 5.32 Å². The molecular formula is C12H21N3OS. The average molecular weight is 255 g/mol. The molecule has 4 nitrogen and oxygen atoms in total. The summed E-state index contributed by atoms with van der Waals surface area (Å²) in [6.45, 7) is 8.26. The summed E-state index contributed by atoms with van der Waals surface area (Å²) >= 11 is 1.46. The van der Waals surface area contributed by atoms with E-state index in [0.717, 1.165) is 12.1 Å². The van der Waals surface area contributed by atoms with Crippen LogP contribution in [0.1, 0.15) is 46.2 Å². The molecule has 1 aromatic heterocycles. The topological polar surface area (TPSA) is 68.0 Å². The second-order valence-corrected chi connectivity index (χ2v) is 6.07. The highest BCUT2D eigenvalue weighted by atomic mass is 32.1. The highest BCUT2D eigenvalue weighted by Crippen LogP contribution is 2.26. The summed E-state index contributed by atoms with van der Waals surface area (Å²) in [5.41, 5.74) is 6.74. The molecule has 1 heterocycles. The van der Waals surface area contributed by atoms with Crippen molar-refractivity contribution in [3.63, 3.8) is 0 Å². The van der Waals surface area contributed by atoms with Crippen molar-refractivity contribution in [3.8, 4) is 0 Å². The fourth-order valence-corrected chi connectivity index (χ4v) is 2.18.